The molecule has 0 aliphatic carbocycles. The number of hydrogen-bond donors (Lipinski definition) is 2. The second-order valence-corrected chi connectivity index (χ2v) is 2.67. The van der Waals surface area contributed by atoms with Gasteiger partial charge >= 0.3 is 6.03 Å². The molecule has 0 unspecified atom stereocenters. The summed E-state index contributed by atoms with van der Waals surface area (Å²) >= 11 is 0. The molecule has 1 aliphatic rings. The maximum Gasteiger partial charge on any atom is 0.317 e. The van der Waals surface area contributed by atoms with Crippen LogP contribution < -0.4 is 5.32 Å². The molecule has 0 bridgehead atoms. The van der Waals surface area contributed by atoms with Crippen LogP contribution in [0.2, 0.25) is 0 Å². The molecule has 0 radical (unpaired) electrons. The minimum atomic E-state index is -0.0501. The number of carbonyl (C=O) groups is 1. The van der Waals surface area contributed by atoms with Gasteiger partial charge in [-0.1, -0.05) is 6.92 Å². The van der Waals surface area contributed by atoms with E-state index < -0.39 is 0 Å². The highest BCUT2D eigenvalue weighted by Gasteiger charge is 2.25. The average Bonchev–Trinajstić information content (AvgIpc) is 2.40. The molecule has 4 heteroatoms. The topological polar surface area (TPSA) is 52.6 Å². The van der Waals surface area contributed by atoms with Crippen LogP contribution in [0, 0.1) is 0 Å². The van der Waals surface area contributed by atoms with Crippen molar-refractivity contribution in [3.63, 3.8) is 0 Å². The van der Waals surface area contributed by atoms with Crippen LogP contribution >= 0.6 is 0 Å². The van der Waals surface area contributed by atoms with Gasteiger partial charge in [0.25, 0.3) is 0 Å². The summed E-state index contributed by atoms with van der Waals surface area (Å²) in [7, 11) is 0. The summed E-state index contributed by atoms with van der Waals surface area (Å²) in [6.07, 6.45) is 0.809. The van der Waals surface area contributed by atoms with Gasteiger partial charge in [-0.3, -0.25) is 0 Å². The first-order valence-electron chi connectivity index (χ1n) is 3.95. The first-order chi connectivity index (χ1) is 5.29. The summed E-state index contributed by atoms with van der Waals surface area (Å²) < 4.78 is 0. The lowest BCUT2D eigenvalue weighted by molar-refractivity contribution is 0.149. The minimum absolute atomic E-state index is 0.00231. The number of rotatable bonds is 3. The van der Waals surface area contributed by atoms with Crippen LogP contribution in [0.15, 0.2) is 0 Å². The lowest BCUT2D eigenvalue weighted by Crippen LogP contribution is -2.39. The zero-order chi connectivity index (χ0) is 8.27. The van der Waals surface area contributed by atoms with Crippen molar-refractivity contribution in [3.05, 3.63) is 0 Å². The van der Waals surface area contributed by atoms with Gasteiger partial charge < -0.3 is 15.3 Å². The van der Waals surface area contributed by atoms with Crippen molar-refractivity contribution in [2.45, 2.75) is 19.4 Å². The molecule has 2 amide bonds. The summed E-state index contributed by atoms with van der Waals surface area (Å²) in [6.45, 7) is 3.45. The molecular formula is C7H14N2O2. The molecule has 0 aromatic heterocycles. The van der Waals surface area contributed by atoms with E-state index in [0.717, 1.165) is 13.0 Å². The highest BCUT2D eigenvalue weighted by atomic mass is 16.3. The van der Waals surface area contributed by atoms with E-state index in [4.69, 9.17) is 5.11 Å². The fourth-order valence-corrected chi connectivity index (χ4v) is 1.28. The summed E-state index contributed by atoms with van der Waals surface area (Å²) in [5.41, 5.74) is 0. The second kappa shape index (κ2) is 3.57. The number of hydrogen-bond acceptors (Lipinski definition) is 2. The third-order valence-corrected chi connectivity index (χ3v) is 2.01. The summed E-state index contributed by atoms with van der Waals surface area (Å²) in [5.74, 6) is 0. The van der Waals surface area contributed by atoms with Crippen LogP contribution in [0.25, 0.3) is 0 Å². The van der Waals surface area contributed by atoms with Crippen molar-refractivity contribution in [2.75, 3.05) is 19.7 Å². The molecule has 0 aromatic rings. The number of aliphatic hydroxyl groups is 1. The molecule has 1 atom stereocenters. The molecule has 1 rings (SSSR count). The highest BCUT2D eigenvalue weighted by Crippen LogP contribution is 2.06. The normalized spacial score (nSPS) is 20.2. The molecule has 4 nitrogen and oxygen atoms in total. The fourth-order valence-electron chi connectivity index (χ4n) is 1.28. The van der Waals surface area contributed by atoms with Gasteiger partial charge in [-0.15, -0.1) is 0 Å². The molecule has 1 fully saturated rings. The predicted molar refractivity (Wildman–Crippen MR) is 41.3 cm³/mol. The van der Waals surface area contributed by atoms with Crippen LogP contribution in [0.5, 0.6) is 0 Å². The summed E-state index contributed by atoms with van der Waals surface area (Å²) in [6, 6.07) is -0.0524. The maximum atomic E-state index is 11.0. The van der Waals surface area contributed by atoms with Crippen LogP contribution in [0.3, 0.4) is 0 Å². The van der Waals surface area contributed by atoms with Gasteiger partial charge in [-0.25, -0.2) is 4.79 Å². The Hall–Kier alpha value is -0.770. The second-order valence-electron chi connectivity index (χ2n) is 2.67. The number of amides is 2. The Balaban J connectivity index is 2.49. The molecular weight excluding hydrogens is 144 g/mol. The van der Waals surface area contributed by atoms with Crippen LogP contribution in [0.4, 0.5) is 4.79 Å². The van der Waals surface area contributed by atoms with Crippen LogP contribution in [-0.2, 0) is 0 Å². The van der Waals surface area contributed by atoms with Crippen molar-refractivity contribution in [2.24, 2.45) is 0 Å². The zero-order valence-electron chi connectivity index (χ0n) is 6.71. The van der Waals surface area contributed by atoms with E-state index >= 15 is 0 Å². The van der Waals surface area contributed by atoms with Gasteiger partial charge in [-0.2, -0.15) is 0 Å². The molecule has 1 aliphatic heterocycles. The molecule has 2 N–H and O–H groups in total. The van der Waals surface area contributed by atoms with E-state index in [0.29, 0.717) is 6.54 Å². The van der Waals surface area contributed by atoms with Gasteiger partial charge in [0.15, 0.2) is 0 Å². The first kappa shape index (κ1) is 8.33. The third-order valence-electron chi connectivity index (χ3n) is 2.01. The Morgan fingerprint density at radius 3 is 2.91 bits per heavy atom. The van der Waals surface area contributed by atoms with E-state index in [2.05, 4.69) is 5.32 Å². The van der Waals surface area contributed by atoms with Crippen molar-refractivity contribution < 1.29 is 9.90 Å². The molecule has 11 heavy (non-hydrogen) atoms. The number of aliphatic hydroxyl groups excluding tert-OH is 1. The van der Waals surface area contributed by atoms with Gasteiger partial charge in [-0.05, 0) is 6.42 Å². The molecule has 1 heterocycles. The number of nitrogens with zero attached hydrogens (tertiary/aromatic N) is 1. The van der Waals surface area contributed by atoms with Crippen molar-refractivity contribution in [1.29, 1.82) is 0 Å². The Morgan fingerprint density at radius 2 is 2.55 bits per heavy atom. The Kier molecular flexibility index (Phi) is 2.70. The van der Waals surface area contributed by atoms with E-state index in [-0.39, 0.29) is 18.7 Å². The van der Waals surface area contributed by atoms with E-state index in [1.165, 1.54) is 0 Å². The van der Waals surface area contributed by atoms with Crippen LogP contribution in [0.1, 0.15) is 13.3 Å². The van der Waals surface area contributed by atoms with E-state index in [1.54, 1.807) is 4.90 Å². The monoisotopic (exact) mass is 158 g/mol. The fraction of sp³-hybridized carbons (Fsp3) is 0.857. The summed E-state index contributed by atoms with van der Waals surface area (Å²) in [5, 5.41) is 11.6. The largest absolute Gasteiger partial charge is 0.394 e. The standard InChI is InChI=1S/C7H14N2O2/c1-2-6(5-10)9-4-3-8-7(9)11/h6,10H,2-5H2,1H3,(H,8,11)/t6-/m1/s1. The number of nitrogens with one attached hydrogen (secondary N) is 1. The van der Waals surface area contributed by atoms with E-state index in [9.17, 15) is 4.79 Å². The van der Waals surface area contributed by atoms with Crippen molar-refractivity contribution in [1.82, 2.24) is 10.2 Å². The lowest BCUT2D eigenvalue weighted by Gasteiger charge is -2.23. The lowest BCUT2D eigenvalue weighted by atomic mass is 10.2. The number of carbonyl (C=O) groups excluding carboxylic acids is 1. The molecule has 1 saturated heterocycles. The Labute approximate surface area is 66.2 Å². The number of urea groups is 1. The molecule has 0 saturated carbocycles. The van der Waals surface area contributed by atoms with Crippen LogP contribution in [-0.4, -0.2) is 41.8 Å². The Bertz CT molecular complexity index is 145. The van der Waals surface area contributed by atoms with Crippen molar-refractivity contribution in [3.8, 4) is 0 Å². The van der Waals surface area contributed by atoms with Crippen molar-refractivity contribution >= 4 is 6.03 Å². The van der Waals surface area contributed by atoms with E-state index in [1.807, 2.05) is 6.92 Å². The quantitative estimate of drug-likeness (QED) is 0.596. The highest BCUT2D eigenvalue weighted by molar-refractivity contribution is 5.76. The third kappa shape index (κ3) is 1.63. The maximum absolute atomic E-state index is 11.0. The summed E-state index contributed by atoms with van der Waals surface area (Å²) in [4.78, 5) is 12.7. The molecule has 64 valence electrons. The predicted octanol–water partition coefficient (Wildman–Crippen LogP) is -0.217. The van der Waals surface area contributed by atoms with Gasteiger partial charge in [0, 0.05) is 13.1 Å². The molecule has 0 spiro atoms. The van der Waals surface area contributed by atoms with Gasteiger partial charge in [0.1, 0.15) is 0 Å². The first-order valence-corrected chi connectivity index (χ1v) is 3.95. The van der Waals surface area contributed by atoms with Gasteiger partial charge in [0.2, 0.25) is 0 Å². The average molecular weight is 158 g/mol. The Morgan fingerprint density at radius 1 is 1.82 bits per heavy atom. The SMILES string of the molecule is CC[C@H](CO)N1CCNC1=O. The smallest absolute Gasteiger partial charge is 0.317 e. The zero-order valence-corrected chi connectivity index (χ0v) is 6.71. The minimum Gasteiger partial charge on any atom is -0.394 e. The molecule has 0 aromatic carbocycles. The van der Waals surface area contributed by atoms with Gasteiger partial charge in [0.05, 0.1) is 12.6 Å².